The second-order valence-corrected chi connectivity index (χ2v) is 6.80. The first-order chi connectivity index (χ1) is 10.3. The van der Waals surface area contributed by atoms with Crippen LogP contribution in [-0.2, 0) is 5.41 Å². The van der Waals surface area contributed by atoms with Gasteiger partial charge in [-0.1, -0.05) is 61.0 Å². The standard InChI is InChI=1S/C20H23N/c21-19(20(12-13-20)18-10-2-1-3-11-18)17-9-5-8-16(14-17)15-6-4-7-15/h1-3,5,8-11,14-15,19H,4,6-7,12-13,21H2. The van der Waals surface area contributed by atoms with Crippen LogP contribution < -0.4 is 5.73 Å². The van der Waals surface area contributed by atoms with Gasteiger partial charge in [0.1, 0.15) is 0 Å². The molecular weight excluding hydrogens is 254 g/mol. The Morgan fingerprint density at radius 2 is 1.71 bits per heavy atom. The maximum atomic E-state index is 6.70. The summed E-state index contributed by atoms with van der Waals surface area (Å²) in [7, 11) is 0. The molecule has 2 aromatic carbocycles. The van der Waals surface area contributed by atoms with Crippen molar-refractivity contribution in [2.45, 2.75) is 49.5 Å². The summed E-state index contributed by atoms with van der Waals surface area (Å²) >= 11 is 0. The van der Waals surface area contributed by atoms with E-state index in [2.05, 4.69) is 54.6 Å². The fourth-order valence-electron chi connectivity index (χ4n) is 3.75. The van der Waals surface area contributed by atoms with Crippen LogP contribution in [0.3, 0.4) is 0 Å². The third-order valence-electron chi connectivity index (χ3n) is 5.58. The maximum absolute atomic E-state index is 6.70. The van der Waals surface area contributed by atoms with Crippen LogP contribution in [0, 0.1) is 0 Å². The Bertz CT molecular complexity index is 623. The molecule has 2 saturated carbocycles. The van der Waals surface area contributed by atoms with Gasteiger partial charge in [-0.25, -0.2) is 0 Å². The molecule has 0 saturated heterocycles. The van der Waals surface area contributed by atoms with Crippen molar-refractivity contribution in [1.29, 1.82) is 0 Å². The summed E-state index contributed by atoms with van der Waals surface area (Å²) in [6.07, 6.45) is 6.51. The zero-order chi connectivity index (χ0) is 14.3. The van der Waals surface area contributed by atoms with Crippen molar-refractivity contribution < 1.29 is 0 Å². The second kappa shape index (κ2) is 4.99. The van der Waals surface area contributed by atoms with Crippen LogP contribution >= 0.6 is 0 Å². The van der Waals surface area contributed by atoms with Gasteiger partial charge in [-0.2, -0.15) is 0 Å². The molecule has 2 aliphatic rings. The fraction of sp³-hybridized carbons (Fsp3) is 0.400. The number of benzene rings is 2. The molecule has 2 fully saturated rings. The third-order valence-corrected chi connectivity index (χ3v) is 5.58. The number of nitrogens with two attached hydrogens (primary N) is 1. The number of hydrogen-bond acceptors (Lipinski definition) is 1. The highest BCUT2D eigenvalue weighted by molar-refractivity contribution is 5.40. The van der Waals surface area contributed by atoms with E-state index in [-0.39, 0.29) is 11.5 Å². The molecule has 0 heterocycles. The number of rotatable bonds is 4. The van der Waals surface area contributed by atoms with E-state index >= 15 is 0 Å². The number of hydrogen-bond donors (Lipinski definition) is 1. The fourth-order valence-corrected chi connectivity index (χ4v) is 3.75. The van der Waals surface area contributed by atoms with E-state index in [4.69, 9.17) is 5.73 Å². The van der Waals surface area contributed by atoms with Crippen molar-refractivity contribution in [3.05, 3.63) is 71.3 Å². The summed E-state index contributed by atoms with van der Waals surface area (Å²) < 4.78 is 0. The van der Waals surface area contributed by atoms with Crippen LogP contribution in [0.4, 0.5) is 0 Å². The normalized spacial score (nSPS) is 21.6. The molecule has 0 aliphatic heterocycles. The highest BCUT2D eigenvalue weighted by Crippen LogP contribution is 2.55. The summed E-state index contributed by atoms with van der Waals surface area (Å²) in [6.45, 7) is 0. The molecule has 0 radical (unpaired) electrons. The monoisotopic (exact) mass is 277 g/mol. The predicted molar refractivity (Wildman–Crippen MR) is 87.3 cm³/mol. The molecule has 2 aliphatic carbocycles. The van der Waals surface area contributed by atoms with Gasteiger partial charge in [0, 0.05) is 11.5 Å². The Morgan fingerprint density at radius 1 is 0.952 bits per heavy atom. The van der Waals surface area contributed by atoms with Crippen molar-refractivity contribution >= 4 is 0 Å². The Morgan fingerprint density at radius 3 is 2.33 bits per heavy atom. The Kier molecular flexibility index (Phi) is 3.11. The van der Waals surface area contributed by atoms with Gasteiger partial charge in [0.25, 0.3) is 0 Å². The van der Waals surface area contributed by atoms with Crippen molar-refractivity contribution in [2.24, 2.45) is 5.73 Å². The van der Waals surface area contributed by atoms with Crippen LogP contribution in [0.1, 0.15) is 60.8 Å². The van der Waals surface area contributed by atoms with Crippen molar-refractivity contribution in [3.63, 3.8) is 0 Å². The molecular formula is C20H23N. The van der Waals surface area contributed by atoms with E-state index in [1.165, 1.54) is 48.8 Å². The molecule has 4 rings (SSSR count). The first kappa shape index (κ1) is 13.1. The minimum Gasteiger partial charge on any atom is -0.323 e. The molecule has 2 aromatic rings. The molecule has 1 nitrogen and oxygen atoms in total. The average Bonchev–Trinajstić information content (AvgIpc) is 3.28. The van der Waals surface area contributed by atoms with Crippen LogP contribution in [0.2, 0.25) is 0 Å². The molecule has 1 unspecified atom stereocenters. The summed E-state index contributed by atoms with van der Waals surface area (Å²) in [5, 5.41) is 0. The first-order valence-electron chi connectivity index (χ1n) is 8.21. The van der Waals surface area contributed by atoms with Crippen molar-refractivity contribution in [3.8, 4) is 0 Å². The van der Waals surface area contributed by atoms with E-state index in [1.807, 2.05) is 0 Å². The van der Waals surface area contributed by atoms with Crippen LogP contribution in [0.15, 0.2) is 54.6 Å². The minimum atomic E-state index is 0.125. The zero-order valence-corrected chi connectivity index (χ0v) is 12.5. The van der Waals surface area contributed by atoms with E-state index in [9.17, 15) is 0 Å². The molecule has 21 heavy (non-hydrogen) atoms. The summed E-state index contributed by atoms with van der Waals surface area (Å²) in [6, 6.07) is 20.0. The smallest absolute Gasteiger partial charge is 0.0393 e. The zero-order valence-electron chi connectivity index (χ0n) is 12.5. The van der Waals surface area contributed by atoms with Gasteiger partial charge in [0.15, 0.2) is 0 Å². The summed E-state index contributed by atoms with van der Waals surface area (Å²) in [5.41, 5.74) is 11.1. The lowest BCUT2D eigenvalue weighted by Crippen LogP contribution is -2.26. The minimum absolute atomic E-state index is 0.125. The first-order valence-corrected chi connectivity index (χ1v) is 8.21. The molecule has 1 atom stereocenters. The molecule has 108 valence electrons. The largest absolute Gasteiger partial charge is 0.323 e. The lowest BCUT2D eigenvalue weighted by molar-refractivity contribution is 0.419. The Labute approximate surface area is 127 Å². The van der Waals surface area contributed by atoms with Gasteiger partial charge < -0.3 is 5.73 Å². The quantitative estimate of drug-likeness (QED) is 0.862. The molecule has 1 heteroatoms. The second-order valence-electron chi connectivity index (χ2n) is 6.80. The Hall–Kier alpha value is -1.60. The highest BCUT2D eigenvalue weighted by atomic mass is 14.7. The van der Waals surface area contributed by atoms with Gasteiger partial charge in [-0.05, 0) is 48.3 Å². The molecule has 0 bridgehead atoms. The molecule has 2 N–H and O–H groups in total. The lowest BCUT2D eigenvalue weighted by Gasteiger charge is -2.28. The van der Waals surface area contributed by atoms with Crippen molar-refractivity contribution in [2.75, 3.05) is 0 Å². The van der Waals surface area contributed by atoms with Gasteiger partial charge in [-0.15, -0.1) is 0 Å². The summed E-state index contributed by atoms with van der Waals surface area (Å²) in [5.74, 6) is 0.782. The van der Waals surface area contributed by atoms with Crippen LogP contribution in [-0.4, -0.2) is 0 Å². The van der Waals surface area contributed by atoms with E-state index in [0.717, 1.165) is 5.92 Å². The van der Waals surface area contributed by atoms with E-state index in [0.29, 0.717) is 0 Å². The molecule has 0 spiro atoms. The SMILES string of the molecule is NC(c1cccc(C2CCC2)c1)C1(c2ccccc2)CC1. The summed E-state index contributed by atoms with van der Waals surface area (Å²) in [4.78, 5) is 0. The van der Waals surface area contributed by atoms with E-state index in [1.54, 1.807) is 0 Å². The lowest BCUT2D eigenvalue weighted by atomic mass is 9.78. The van der Waals surface area contributed by atoms with Crippen molar-refractivity contribution in [1.82, 2.24) is 0 Å². The molecule has 0 amide bonds. The molecule has 0 aromatic heterocycles. The van der Waals surface area contributed by atoms with Gasteiger partial charge in [0.05, 0.1) is 0 Å². The Balaban J connectivity index is 1.64. The van der Waals surface area contributed by atoms with Gasteiger partial charge in [0.2, 0.25) is 0 Å². The topological polar surface area (TPSA) is 26.0 Å². The maximum Gasteiger partial charge on any atom is 0.0393 e. The average molecular weight is 277 g/mol. The third kappa shape index (κ3) is 2.20. The van der Waals surface area contributed by atoms with Crippen LogP contribution in [0.25, 0.3) is 0 Å². The van der Waals surface area contributed by atoms with Gasteiger partial charge in [-0.3, -0.25) is 0 Å². The van der Waals surface area contributed by atoms with Crippen LogP contribution in [0.5, 0.6) is 0 Å². The predicted octanol–water partition coefficient (Wildman–Crippen LogP) is 4.69. The van der Waals surface area contributed by atoms with Gasteiger partial charge >= 0.3 is 0 Å². The van der Waals surface area contributed by atoms with E-state index < -0.39 is 0 Å². The highest BCUT2D eigenvalue weighted by Gasteiger charge is 2.49.